The first-order valence-corrected chi connectivity index (χ1v) is 8.37. The van der Waals surface area contributed by atoms with Crippen LogP contribution in [0.3, 0.4) is 0 Å². The largest absolute Gasteiger partial charge is 0.493 e. The molecule has 124 valence electrons. The van der Waals surface area contributed by atoms with Crippen molar-refractivity contribution in [2.45, 2.75) is 36.8 Å². The SMILES string of the molecule is COc1ccc([C@@]23C=C[C@@H](O)C4(CC4)[C@@H]2N(C)CC3)cc1OC. The Kier molecular flexibility index (Phi) is 3.26. The lowest BCUT2D eigenvalue weighted by Crippen LogP contribution is -2.53. The molecule has 4 nitrogen and oxygen atoms in total. The fourth-order valence-corrected chi connectivity index (χ4v) is 5.00. The van der Waals surface area contributed by atoms with E-state index >= 15 is 0 Å². The number of ether oxygens (including phenoxy) is 2. The first-order chi connectivity index (χ1) is 11.1. The molecule has 1 heterocycles. The van der Waals surface area contributed by atoms with Crippen LogP contribution in [0, 0.1) is 5.41 Å². The summed E-state index contributed by atoms with van der Waals surface area (Å²) in [5, 5.41) is 10.6. The third-order valence-corrected chi connectivity index (χ3v) is 6.26. The predicted molar refractivity (Wildman–Crippen MR) is 89.1 cm³/mol. The maximum absolute atomic E-state index is 10.6. The van der Waals surface area contributed by atoms with Gasteiger partial charge in [-0.3, -0.25) is 0 Å². The zero-order valence-corrected chi connectivity index (χ0v) is 14.1. The summed E-state index contributed by atoms with van der Waals surface area (Å²) in [5.74, 6) is 1.54. The number of likely N-dealkylation sites (N-methyl/N-ethyl adjacent to an activating group) is 1. The molecule has 1 aliphatic heterocycles. The summed E-state index contributed by atoms with van der Waals surface area (Å²) >= 11 is 0. The van der Waals surface area contributed by atoms with E-state index in [0.29, 0.717) is 6.04 Å². The highest BCUT2D eigenvalue weighted by molar-refractivity contribution is 5.50. The van der Waals surface area contributed by atoms with Gasteiger partial charge in [0, 0.05) is 16.9 Å². The monoisotopic (exact) mass is 315 g/mol. The van der Waals surface area contributed by atoms with Crippen molar-refractivity contribution in [2.75, 3.05) is 27.8 Å². The number of rotatable bonds is 3. The van der Waals surface area contributed by atoms with Gasteiger partial charge in [0.25, 0.3) is 0 Å². The third kappa shape index (κ3) is 1.91. The van der Waals surface area contributed by atoms with Gasteiger partial charge >= 0.3 is 0 Å². The van der Waals surface area contributed by atoms with E-state index in [9.17, 15) is 5.11 Å². The minimum absolute atomic E-state index is 0.0349. The van der Waals surface area contributed by atoms with Crippen LogP contribution >= 0.6 is 0 Å². The summed E-state index contributed by atoms with van der Waals surface area (Å²) in [4.78, 5) is 2.44. The zero-order valence-electron chi connectivity index (χ0n) is 14.1. The topological polar surface area (TPSA) is 41.9 Å². The van der Waals surface area contributed by atoms with Crippen molar-refractivity contribution in [3.8, 4) is 11.5 Å². The number of hydrogen-bond acceptors (Lipinski definition) is 4. The number of nitrogens with zero attached hydrogens (tertiary/aromatic N) is 1. The van der Waals surface area contributed by atoms with Gasteiger partial charge in [-0.1, -0.05) is 18.2 Å². The second kappa shape index (κ2) is 4.99. The Balaban J connectivity index is 1.84. The third-order valence-electron chi connectivity index (χ3n) is 6.26. The molecule has 1 spiro atoms. The Hall–Kier alpha value is -1.52. The van der Waals surface area contributed by atoms with Crippen LogP contribution in [-0.4, -0.2) is 50.0 Å². The molecule has 0 unspecified atom stereocenters. The van der Waals surface area contributed by atoms with Gasteiger partial charge in [-0.2, -0.15) is 0 Å². The smallest absolute Gasteiger partial charge is 0.161 e. The molecular formula is C19H25NO3. The molecule has 0 amide bonds. The molecule has 1 aromatic rings. The van der Waals surface area contributed by atoms with E-state index in [0.717, 1.165) is 37.3 Å². The van der Waals surface area contributed by atoms with Gasteiger partial charge in [0.1, 0.15) is 0 Å². The normalized spacial score (nSPS) is 34.4. The number of likely N-dealkylation sites (tertiary alicyclic amines) is 1. The van der Waals surface area contributed by atoms with Crippen LogP contribution in [0.1, 0.15) is 24.8 Å². The minimum atomic E-state index is -0.318. The molecule has 3 atom stereocenters. The second-order valence-corrected chi connectivity index (χ2v) is 7.28. The highest BCUT2D eigenvalue weighted by atomic mass is 16.5. The van der Waals surface area contributed by atoms with Crippen LogP contribution in [0.25, 0.3) is 0 Å². The lowest BCUT2D eigenvalue weighted by Gasteiger charge is -2.46. The number of hydrogen-bond donors (Lipinski definition) is 1. The zero-order chi connectivity index (χ0) is 16.2. The molecule has 2 aliphatic carbocycles. The van der Waals surface area contributed by atoms with Gasteiger partial charge in [0.2, 0.25) is 0 Å². The van der Waals surface area contributed by atoms with Crippen LogP contribution in [0.15, 0.2) is 30.4 Å². The summed E-state index contributed by atoms with van der Waals surface area (Å²) in [6.07, 6.45) is 7.26. The molecule has 0 aromatic heterocycles. The number of fused-ring (bicyclic) bond motifs is 2. The van der Waals surface area contributed by atoms with Crippen LogP contribution < -0.4 is 9.47 Å². The Morgan fingerprint density at radius 1 is 1.13 bits per heavy atom. The molecule has 4 heteroatoms. The van der Waals surface area contributed by atoms with Crippen molar-refractivity contribution >= 4 is 0 Å². The highest BCUT2D eigenvalue weighted by Gasteiger charge is 2.65. The molecular weight excluding hydrogens is 290 g/mol. The standard InChI is InChI=1S/C19H25NO3/c1-20-11-10-18(7-6-16(21)19(8-9-19)17(18)20)13-4-5-14(22-2)15(12-13)23-3/h4-7,12,16-17,21H,8-11H2,1-3H3/t16-,17-,18+/m1/s1. The summed E-state index contributed by atoms with van der Waals surface area (Å²) in [5.41, 5.74) is 1.26. The Morgan fingerprint density at radius 2 is 1.87 bits per heavy atom. The van der Waals surface area contributed by atoms with Gasteiger partial charge in [0.05, 0.1) is 20.3 Å². The molecule has 23 heavy (non-hydrogen) atoms. The van der Waals surface area contributed by atoms with Crippen LogP contribution in [-0.2, 0) is 5.41 Å². The first-order valence-electron chi connectivity index (χ1n) is 8.37. The molecule has 1 saturated heterocycles. The average Bonchev–Trinajstić information content (AvgIpc) is 3.28. The predicted octanol–water partition coefficient (Wildman–Crippen LogP) is 2.36. The number of aliphatic hydroxyl groups excluding tert-OH is 1. The van der Waals surface area contributed by atoms with Gasteiger partial charge in [0.15, 0.2) is 11.5 Å². The maximum atomic E-state index is 10.6. The van der Waals surface area contributed by atoms with Crippen molar-refractivity contribution in [3.05, 3.63) is 35.9 Å². The summed E-state index contributed by atoms with van der Waals surface area (Å²) < 4.78 is 10.9. The molecule has 1 aromatic carbocycles. The van der Waals surface area contributed by atoms with E-state index in [-0.39, 0.29) is 16.9 Å². The lowest BCUT2D eigenvalue weighted by molar-refractivity contribution is 0.0464. The van der Waals surface area contributed by atoms with E-state index in [1.807, 2.05) is 12.1 Å². The van der Waals surface area contributed by atoms with E-state index < -0.39 is 0 Å². The molecule has 0 bridgehead atoms. The Morgan fingerprint density at radius 3 is 2.52 bits per heavy atom. The van der Waals surface area contributed by atoms with E-state index in [2.05, 4.69) is 30.2 Å². The van der Waals surface area contributed by atoms with E-state index in [1.165, 1.54) is 5.56 Å². The van der Waals surface area contributed by atoms with Crippen molar-refractivity contribution in [3.63, 3.8) is 0 Å². The van der Waals surface area contributed by atoms with Crippen molar-refractivity contribution in [1.29, 1.82) is 0 Å². The average molecular weight is 315 g/mol. The first kappa shape index (κ1) is 15.0. The Labute approximate surface area is 137 Å². The van der Waals surface area contributed by atoms with E-state index in [4.69, 9.17) is 9.47 Å². The molecule has 1 saturated carbocycles. The molecule has 1 N–H and O–H groups in total. The fourth-order valence-electron chi connectivity index (χ4n) is 5.00. The summed E-state index contributed by atoms with van der Waals surface area (Å²) in [6, 6.07) is 6.62. The van der Waals surface area contributed by atoms with Gasteiger partial charge in [-0.15, -0.1) is 0 Å². The lowest BCUT2D eigenvalue weighted by atomic mass is 9.63. The second-order valence-electron chi connectivity index (χ2n) is 7.28. The van der Waals surface area contributed by atoms with Crippen molar-refractivity contribution < 1.29 is 14.6 Å². The van der Waals surface area contributed by atoms with E-state index in [1.54, 1.807) is 14.2 Å². The molecule has 4 rings (SSSR count). The highest BCUT2D eigenvalue weighted by Crippen LogP contribution is 2.63. The van der Waals surface area contributed by atoms with Crippen molar-refractivity contribution in [1.82, 2.24) is 4.90 Å². The number of methoxy groups -OCH3 is 2. The minimum Gasteiger partial charge on any atom is -0.493 e. The molecule has 3 aliphatic rings. The van der Waals surface area contributed by atoms with Crippen molar-refractivity contribution in [2.24, 2.45) is 5.41 Å². The van der Waals surface area contributed by atoms with Crippen LogP contribution in [0.4, 0.5) is 0 Å². The fraction of sp³-hybridized carbons (Fsp3) is 0.579. The van der Waals surface area contributed by atoms with Gasteiger partial charge in [-0.05, 0) is 50.6 Å². The number of benzene rings is 1. The number of aliphatic hydroxyl groups is 1. The maximum Gasteiger partial charge on any atom is 0.161 e. The summed E-state index contributed by atoms with van der Waals surface area (Å²) in [6.45, 7) is 1.05. The van der Waals surface area contributed by atoms with Crippen LogP contribution in [0.5, 0.6) is 11.5 Å². The summed E-state index contributed by atoms with van der Waals surface area (Å²) in [7, 11) is 5.54. The van der Waals surface area contributed by atoms with Gasteiger partial charge in [-0.25, -0.2) is 0 Å². The molecule has 0 radical (unpaired) electrons. The quantitative estimate of drug-likeness (QED) is 0.870. The van der Waals surface area contributed by atoms with Gasteiger partial charge < -0.3 is 19.5 Å². The molecule has 2 fully saturated rings. The Bertz CT molecular complexity index is 652. The van der Waals surface area contributed by atoms with Crippen LogP contribution in [0.2, 0.25) is 0 Å².